The molecule has 220 valence electrons. The number of benzene rings is 2. The quantitative estimate of drug-likeness (QED) is 0.182. The third-order valence-corrected chi connectivity index (χ3v) is 7.09. The van der Waals surface area contributed by atoms with Crippen LogP contribution in [0.15, 0.2) is 50.6 Å². The Morgan fingerprint density at radius 2 is 1.98 bits per heavy atom. The van der Waals surface area contributed by atoms with Gasteiger partial charge in [-0.15, -0.1) is 5.10 Å². The van der Waals surface area contributed by atoms with Crippen LogP contribution < -0.4 is 20.6 Å². The predicted octanol–water partition coefficient (Wildman–Crippen LogP) is 3.86. The third-order valence-electron chi connectivity index (χ3n) is 6.50. The lowest BCUT2D eigenvalue weighted by molar-refractivity contribution is 0.0947. The van der Waals surface area contributed by atoms with E-state index in [1.54, 1.807) is 24.3 Å². The molecule has 1 fully saturated rings. The van der Waals surface area contributed by atoms with Crippen LogP contribution in [0.5, 0.6) is 11.5 Å². The maximum Gasteiger partial charge on any atom is 0.293 e. The van der Waals surface area contributed by atoms with Crippen molar-refractivity contribution in [2.75, 3.05) is 25.4 Å². The van der Waals surface area contributed by atoms with Crippen molar-refractivity contribution in [1.82, 2.24) is 35.6 Å². The van der Waals surface area contributed by atoms with E-state index >= 15 is 0 Å². The van der Waals surface area contributed by atoms with Crippen molar-refractivity contribution in [3.8, 4) is 17.3 Å². The summed E-state index contributed by atoms with van der Waals surface area (Å²) in [5.74, 6) is 0.293. The van der Waals surface area contributed by atoms with E-state index in [0.717, 1.165) is 31.5 Å². The van der Waals surface area contributed by atoms with Gasteiger partial charge in [0.25, 0.3) is 5.91 Å². The van der Waals surface area contributed by atoms with Gasteiger partial charge >= 0.3 is 0 Å². The molecule has 1 amide bonds. The lowest BCUT2D eigenvalue weighted by Crippen LogP contribution is -2.31. The van der Waals surface area contributed by atoms with E-state index in [-0.39, 0.29) is 29.8 Å². The average Bonchev–Trinajstić information content (AvgIpc) is 3.59. The molecular formula is C27H29BrFN9O4. The first-order valence-corrected chi connectivity index (χ1v) is 14.1. The summed E-state index contributed by atoms with van der Waals surface area (Å²) in [4.78, 5) is 15.4. The number of hydrogen-bond donors (Lipinski definition) is 2. The highest BCUT2D eigenvalue weighted by Gasteiger charge is 2.26. The summed E-state index contributed by atoms with van der Waals surface area (Å²) in [6, 6.07) is 9.58. The number of rotatable bonds is 11. The first kappa shape index (κ1) is 29.1. The highest BCUT2D eigenvalue weighted by atomic mass is 79.9. The summed E-state index contributed by atoms with van der Waals surface area (Å²) in [5, 5.41) is 19.7. The number of carbonyl (C=O) groups excluding carboxylic acids is 1. The minimum absolute atomic E-state index is 0.0329. The summed E-state index contributed by atoms with van der Waals surface area (Å²) < 4.78 is 31.7. The molecule has 0 bridgehead atoms. The second-order valence-electron chi connectivity index (χ2n) is 9.48. The number of nitrogens with two attached hydrogens (primary N) is 1. The van der Waals surface area contributed by atoms with Crippen LogP contribution in [0.2, 0.25) is 0 Å². The fourth-order valence-corrected chi connectivity index (χ4v) is 5.05. The summed E-state index contributed by atoms with van der Waals surface area (Å²) in [7, 11) is 0. The van der Waals surface area contributed by atoms with Crippen molar-refractivity contribution in [2.45, 2.75) is 39.3 Å². The Balaban J connectivity index is 1.32. The molecule has 42 heavy (non-hydrogen) atoms. The van der Waals surface area contributed by atoms with Crippen LogP contribution in [-0.2, 0) is 13.2 Å². The van der Waals surface area contributed by atoms with Gasteiger partial charge in [0, 0.05) is 6.54 Å². The van der Waals surface area contributed by atoms with Crippen LogP contribution in [0.25, 0.3) is 5.82 Å². The molecule has 3 heterocycles. The number of hydrazone groups is 1. The number of amides is 1. The summed E-state index contributed by atoms with van der Waals surface area (Å²) in [6.07, 6.45) is 4.77. The Hall–Kier alpha value is -4.37. The van der Waals surface area contributed by atoms with Gasteiger partial charge in [0.1, 0.15) is 12.4 Å². The maximum atomic E-state index is 13.2. The summed E-state index contributed by atoms with van der Waals surface area (Å²) >= 11 is 3.53. The number of nitrogens with zero attached hydrogens (tertiary/aromatic N) is 7. The zero-order valence-electron chi connectivity index (χ0n) is 22.8. The highest BCUT2D eigenvalue weighted by molar-refractivity contribution is 9.10. The van der Waals surface area contributed by atoms with Gasteiger partial charge < -0.3 is 15.2 Å². The van der Waals surface area contributed by atoms with Crippen molar-refractivity contribution < 1.29 is 23.3 Å². The van der Waals surface area contributed by atoms with Crippen molar-refractivity contribution in [3.05, 3.63) is 69.2 Å². The van der Waals surface area contributed by atoms with Gasteiger partial charge in [-0.05, 0) is 94.5 Å². The minimum Gasteiger partial charge on any atom is -0.490 e. The number of hydrogen-bond acceptors (Lipinski definition) is 11. The molecule has 0 radical (unpaired) electrons. The van der Waals surface area contributed by atoms with Crippen LogP contribution in [0, 0.1) is 5.82 Å². The van der Waals surface area contributed by atoms with Crippen molar-refractivity contribution in [2.24, 2.45) is 5.10 Å². The van der Waals surface area contributed by atoms with Crippen LogP contribution in [0.3, 0.4) is 0 Å². The van der Waals surface area contributed by atoms with Crippen LogP contribution in [-0.4, -0.2) is 62.0 Å². The van der Waals surface area contributed by atoms with Crippen molar-refractivity contribution >= 4 is 33.9 Å². The molecule has 2 aromatic heterocycles. The van der Waals surface area contributed by atoms with E-state index in [9.17, 15) is 9.18 Å². The number of ether oxygens (including phenoxy) is 2. The van der Waals surface area contributed by atoms with Gasteiger partial charge in [-0.25, -0.2) is 14.4 Å². The molecule has 4 aromatic rings. The Morgan fingerprint density at radius 3 is 2.69 bits per heavy atom. The molecule has 1 saturated heterocycles. The molecule has 0 unspecified atom stereocenters. The topological polar surface area (TPSA) is 159 Å². The SMILES string of the molecule is CCOc1cc(/C=N/NC(=O)c2nnn(-c3nonc3N)c2CN2CCCCC2)cc(Br)c1OCc1ccc(F)cc1. The first-order chi connectivity index (χ1) is 20.4. The number of likely N-dealkylation sites (tertiary alicyclic amines) is 1. The lowest BCUT2D eigenvalue weighted by atomic mass is 10.1. The van der Waals surface area contributed by atoms with Gasteiger partial charge in [-0.3, -0.25) is 9.69 Å². The number of carbonyl (C=O) groups is 1. The Kier molecular flexibility index (Phi) is 9.38. The molecule has 0 saturated carbocycles. The first-order valence-electron chi connectivity index (χ1n) is 13.3. The smallest absolute Gasteiger partial charge is 0.293 e. The summed E-state index contributed by atoms with van der Waals surface area (Å²) in [5.41, 5.74) is 10.4. The Labute approximate surface area is 248 Å². The third kappa shape index (κ3) is 6.91. The van der Waals surface area contributed by atoms with E-state index in [4.69, 9.17) is 19.8 Å². The van der Waals surface area contributed by atoms with Gasteiger partial charge in [0.15, 0.2) is 17.2 Å². The number of aromatic nitrogens is 5. The standard InChI is InChI=1S/C27H29BrFN9O4/c1-2-40-22-13-18(12-20(28)24(22)41-16-17-6-8-19(29)9-7-17)14-31-33-27(39)23-21(15-37-10-4-3-5-11-37)38(36-32-23)26-25(30)34-42-35-26/h6-9,12-14H,2-5,10-11,15-16H2,1H3,(H2,30,34)(H,33,39)/b31-14+. The molecule has 15 heteroatoms. The monoisotopic (exact) mass is 641 g/mol. The van der Waals surface area contributed by atoms with Gasteiger partial charge in [0.05, 0.1) is 23.0 Å². The van der Waals surface area contributed by atoms with Gasteiger partial charge in [0.2, 0.25) is 11.6 Å². The Morgan fingerprint density at radius 1 is 1.19 bits per heavy atom. The maximum absolute atomic E-state index is 13.2. The molecule has 0 aliphatic carbocycles. The van der Waals surface area contributed by atoms with Gasteiger partial charge in [-0.1, -0.05) is 23.8 Å². The highest BCUT2D eigenvalue weighted by Crippen LogP contribution is 2.37. The van der Waals surface area contributed by atoms with E-state index in [1.807, 2.05) is 6.92 Å². The number of anilines is 1. The zero-order valence-corrected chi connectivity index (χ0v) is 24.4. The second kappa shape index (κ2) is 13.5. The van der Waals surface area contributed by atoms with Crippen LogP contribution in [0.1, 0.15) is 53.5 Å². The van der Waals surface area contributed by atoms with Crippen molar-refractivity contribution in [3.63, 3.8) is 0 Å². The zero-order chi connectivity index (χ0) is 29.5. The molecule has 0 atom stereocenters. The fraction of sp³-hybridized carbons (Fsp3) is 0.333. The largest absolute Gasteiger partial charge is 0.490 e. The molecule has 0 spiro atoms. The van der Waals surface area contributed by atoms with Crippen molar-refractivity contribution in [1.29, 1.82) is 0 Å². The fourth-order valence-electron chi connectivity index (χ4n) is 4.48. The number of nitrogen functional groups attached to an aromatic ring is 1. The molecule has 1 aliphatic heterocycles. The molecule has 2 aromatic carbocycles. The van der Waals surface area contributed by atoms with E-state index in [0.29, 0.717) is 40.4 Å². The molecular weight excluding hydrogens is 613 g/mol. The predicted molar refractivity (Wildman–Crippen MR) is 154 cm³/mol. The molecule has 13 nitrogen and oxygen atoms in total. The van der Waals surface area contributed by atoms with Crippen LogP contribution in [0.4, 0.5) is 10.2 Å². The van der Waals surface area contributed by atoms with Gasteiger partial charge in [-0.2, -0.15) is 9.78 Å². The summed E-state index contributed by atoms with van der Waals surface area (Å²) in [6.45, 7) is 4.66. The normalized spacial score (nSPS) is 13.9. The second-order valence-corrected chi connectivity index (χ2v) is 10.3. The lowest BCUT2D eigenvalue weighted by Gasteiger charge is -2.26. The number of halogens is 2. The average molecular weight is 642 g/mol. The number of nitrogens with one attached hydrogen (secondary N) is 1. The van der Waals surface area contributed by atoms with Crippen LogP contribution >= 0.6 is 15.9 Å². The van der Waals surface area contributed by atoms with E-state index < -0.39 is 5.91 Å². The molecule has 3 N–H and O–H groups in total. The molecule has 5 rings (SSSR count). The van der Waals surface area contributed by atoms with E-state index in [1.165, 1.54) is 29.4 Å². The van der Waals surface area contributed by atoms with E-state index in [2.05, 4.69) is 52.0 Å². The minimum atomic E-state index is -0.553. The number of piperidine rings is 1. The molecule has 1 aliphatic rings. The Bertz CT molecular complexity index is 1550.